The highest BCUT2D eigenvalue weighted by atomic mass is 19.1. The minimum Gasteiger partial charge on any atom is -0.459 e. The number of halogens is 1. The molecule has 2 aromatic rings. The van der Waals surface area contributed by atoms with Crippen LogP contribution in [0.25, 0.3) is 11.0 Å². The van der Waals surface area contributed by atoms with Crippen LogP contribution in [0.2, 0.25) is 0 Å². The Morgan fingerprint density at radius 1 is 1.37 bits per heavy atom. The molecule has 0 aliphatic heterocycles. The molecule has 1 heterocycles. The summed E-state index contributed by atoms with van der Waals surface area (Å²) >= 11 is 0. The van der Waals surface area contributed by atoms with Crippen LogP contribution in [0, 0.1) is 18.7 Å². The van der Waals surface area contributed by atoms with Crippen molar-refractivity contribution in [3.63, 3.8) is 0 Å². The smallest absolute Gasteiger partial charge is 0.134 e. The zero-order valence-electron chi connectivity index (χ0n) is 11.7. The fraction of sp³-hybridized carbons (Fsp3) is 0.467. The minimum absolute atomic E-state index is 0.238. The summed E-state index contributed by atoms with van der Waals surface area (Å²) in [6.45, 7) is 7.42. The maximum absolute atomic E-state index is 13.2. The largest absolute Gasteiger partial charge is 0.459 e. The second-order valence-electron chi connectivity index (χ2n) is 5.26. The lowest BCUT2D eigenvalue weighted by molar-refractivity contribution is 0.384. The molecule has 0 radical (unpaired) electrons. The van der Waals surface area contributed by atoms with E-state index in [2.05, 4.69) is 19.2 Å². The number of nitrogens with two attached hydrogens (primary N) is 1. The van der Waals surface area contributed by atoms with Gasteiger partial charge in [-0.25, -0.2) is 4.39 Å². The topological polar surface area (TPSA) is 51.2 Å². The lowest BCUT2D eigenvalue weighted by Crippen LogP contribution is -2.39. The molecule has 0 aliphatic carbocycles. The van der Waals surface area contributed by atoms with Gasteiger partial charge in [0.1, 0.15) is 17.2 Å². The molecule has 1 aromatic carbocycles. The van der Waals surface area contributed by atoms with E-state index in [4.69, 9.17) is 10.2 Å². The van der Waals surface area contributed by atoms with Crippen molar-refractivity contribution < 1.29 is 8.81 Å². The molecule has 0 spiro atoms. The summed E-state index contributed by atoms with van der Waals surface area (Å²) in [4.78, 5) is 0. The molecule has 2 rings (SSSR count). The standard InChI is InChI=1S/C15H21FN2O/c1-9(2)13(7-17)18-8-15-10(3)12-6-11(16)4-5-14(12)19-15/h4-6,9,13,18H,7-8,17H2,1-3H3. The molecule has 1 aromatic heterocycles. The molecule has 3 N–H and O–H groups in total. The lowest BCUT2D eigenvalue weighted by atomic mass is 10.0. The van der Waals surface area contributed by atoms with E-state index in [1.807, 2.05) is 6.92 Å². The SMILES string of the molecule is Cc1c(CNC(CN)C(C)C)oc2ccc(F)cc12. The first-order valence-corrected chi connectivity index (χ1v) is 6.64. The van der Waals surface area contributed by atoms with Crippen molar-refractivity contribution in [2.24, 2.45) is 11.7 Å². The van der Waals surface area contributed by atoms with Crippen molar-refractivity contribution in [2.75, 3.05) is 6.54 Å². The predicted octanol–water partition coefficient (Wildman–Crippen LogP) is 2.95. The van der Waals surface area contributed by atoms with E-state index in [-0.39, 0.29) is 11.9 Å². The fourth-order valence-corrected chi connectivity index (χ4v) is 2.23. The van der Waals surface area contributed by atoms with Crippen LogP contribution in [0.15, 0.2) is 22.6 Å². The van der Waals surface area contributed by atoms with Gasteiger partial charge in [-0.2, -0.15) is 0 Å². The van der Waals surface area contributed by atoms with Crippen LogP contribution in [0.1, 0.15) is 25.2 Å². The third kappa shape index (κ3) is 2.96. The van der Waals surface area contributed by atoms with E-state index in [1.54, 1.807) is 6.07 Å². The van der Waals surface area contributed by atoms with Gasteiger partial charge >= 0.3 is 0 Å². The third-order valence-corrected chi connectivity index (χ3v) is 3.58. The molecule has 104 valence electrons. The van der Waals surface area contributed by atoms with Gasteiger partial charge in [-0.05, 0) is 36.6 Å². The quantitative estimate of drug-likeness (QED) is 0.873. The first kappa shape index (κ1) is 14.0. The summed E-state index contributed by atoms with van der Waals surface area (Å²) in [6.07, 6.45) is 0. The van der Waals surface area contributed by atoms with Crippen molar-refractivity contribution in [3.05, 3.63) is 35.3 Å². The van der Waals surface area contributed by atoms with Crippen molar-refractivity contribution >= 4 is 11.0 Å². The Kier molecular flexibility index (Phi) is 4.22. The molecule has 1 atom stereocenters. The van der Waals surface area contributed by atoms with Gasteiger partial charge < -0.3 is 15.5 Å². The second-order valence-corrected chi connectivity index (χ2v) is 5.26. The predicted molar refractivity (Wildman–Crippen MR) is 75.4 cm³/mol. The summed E-state index contributed by atoms with van der Waals surface area (Å²) in [5.74, 6) is 1.07. The Bertz CT molecular complexity index is 563. The highest BCUT2D eigenvalue weighted by molar-refractivity contribution is 5.82. The average Bonchev–Trinajstić information content (AvgIpc) is 2.67. The molecular formula is C15H21FN2O. The summed E-state index contributed by atoms with van der Waals surface area (Å²) in [6, 6.07) is 4.86. The molecule has 19 heavy (non-hydrogen) atoms. The summed E-state index contributed by atoms with van der Waals surface area (Å²) in [5.41, 5.74) is 7.44. The van der Waals surface area contributed by atoms with Gasteiger partial charge in [0.25, 0.3) is 0 Å². The zero-order chi connectivity index (χ0) is 14.0. The summed E-state index contributed by atoms with van der Waals surface area (Å²) in [7, 11) is 0. The number of furan rings is 1. The number of fused-ring (bicyclic) bond motifs is 1. The number of benzene rings is 1. The number of hydrogen-bond donors (Lipinski definition) is 2. The van der Waals surface area contributed by atoms with Crippen LogP contribution < -0.4 is 11.1 Å². The number of aryl methyl sites for hydroxylation is 1. The molecule has 0 saturated heterocycles. The van der Waals surface area contributed by atoms with Gasteiger partial charge in [-0.15, -0.1) is 0 Å². The van der Waals surface area contributed by atoms with E-state index < -0.39 is 0 Å². The molecule has 0 fully saturated rings. The molecular weight excluding hydrogens is 243 g/mol. The van der Waals surface area contributed by atoms with Gasteiger partial charge in [-0.3, -0.25) is 0 Å². The Balaban J connectivity index is 2.19. The van der Waals surface area contributed by atoms with Crippen LogP contribution in [0.5, 0.6) is 0 Å². The van der Waals surface area contributed by atoms with Gasteiger partial charge in [0, 0.05) is 18.0 Å². The lowest BCUT2D eigenvalue weighted by Gasteiger charge is -2.19. The van der Waals surface area contributed by atoms with Crippen LogP contribution >= 0.6 is 0 Å². The first-order chi connectivity index (χ1) is 9.02. The average molecular weight is 264 g/mol. The number of nitrogens with one attached hydrogen (secondary N) is 1. The Hall–Kier alpha value is -1.39. The second kappa shape index (κ2) is 5.72. The maximum atomic E-state index is 13.2. The Morgan fingerprint density at radius 3 is 2.74 bits per heavy atom. The van der Waals surface area contributed by atoms with Crippen molar-refractivity contribution in [3.8, 4) is 0 Å². The van der Waals surface area contributed by atoms with Crippen molar-refractivity contribution in [2.45, 2.75) is 33.4 Å². The van der Waals surface area contributed by atoms with Crippen LogP contribution in [-0.2, 0) is 6.54 Å². The van der Waals surface area contributed by atoms with E-state index in [0.29, 0.717) is 19.0 Å². The van der Waals surface area contributed by atoms with Crippen LogP contribution in [0.3, 0.4) is 0 Å². The van der Waals surface area contributed by atoms with E-state index in [9.17, 15) is 4.39 Å². The molecule has 3 nitrogen and oxygen atoms in total. The monoisotopic (exact) mass is 264 g/mol. The van der Waals surface area contributed by atoms with Crippen molar-refractivity contribution in [1.29, 1.82) is 0 Å². The van der Waals surface area contributed by atoms with Gasteiger partial charge in [0.15, 0.2) is 0 Å². The molecule has 1 unspecified atom stereocenters. The molecule has 0 aliphatic rings. The minimum atomic E-state index is -0.238. The molecule has 0 amide bonds. The van der Waals surface area contributed by atoms with E-state index >= 15 is 0 Å². The first-order valence-electron chi connectivity index (χ1n) is 6.64. The normalized spacial score (nSPS) is 13.4. The molecule has 0 bridgehead atoms. The fourth-order valence-electron chi connectivity index (χ4n) is 2.23. The number of hydrogen-bond acceptors (Lipinski definition) is 3. The van der Waals surface area contributed by atoms with Crippen molar-refractivity contribution in [1.82, 2.24) is 5.32 Å². The summed E-state index contributed by atoms with van der Waals surface area (Å²) < 4.78 is 19.0. The highest BCUT2D eigenvalue weighted by Crippen LogP contribution is 2.26. The van der Waals surface area contributed by atoms with Gasteiger partial charge in [0.05, 0.1) is 6.54 Å². The number of rotatable bonds is 5. The third-order valence-electron chi connectivity index (χ3n) is 3.58. The molecule has 0 saturated carbocycles. The van der Waals surface area contributed by atoms with E-state index in [0.717, 1.165) is 22.3 Å². The summed E-state index contributed by atoms with van der Waals surface area (Å²) in [5, 5.41) is 4.23. The zero-order valence-corrected chi connectivity index (χ0v) is 11.7. The highest BCUT2D eigenvalue weighted by Gasteiger charge is 2.14. The Morgan fingerprint density at radius 2 is 2.11 bits per heavy atom. The maximum Gasteiger partial charge on any atom is 0.134 e. The molecule has 4 heteroatoms. The Labute approximate surface area is 113 Å². The van der Waals surface area contributed by atoms with Crippen LogP contribution in [-0.4, -0.2) is 12.6 Å². The van der Waals surface area contributed by atoms with Gasteiger partial charge in [0.2, 0.25) is 0 Å². The van der Waals surface area contributed by atoms with Gasteiger partial charge in [-0.1, -0.05) is 13.8 Å². The van der Waals surface area contributed by atoms with E-state index in [1.165, 1.54) is 12.1 Å². The van der Waals surface area contributed by atoms with Crippen LogP contribution in [0.4, 0.5) is 4.39 Å².